The van der Waals surface area contributed by atoms with E-state index in [4.69, 9.17) is 0 Å². The van der Waals surface area contributed by atoms with Crippen LogP contribution in [0.25, 0.3) is 0 Å². The lowest BCUT2D eigenvalue weighted by Gasteiger charge is -2.42. The molecule has 4 aromatic rings. The van der Waals surface area contributed by atoms with Gasteiger partial charge in [-0.15, -0.1) is 0 Å². The number of rotatable bonds is 15. The molecule has 2 aliphatic heterocycles. The number of amides is 6. The second kappa shape index (κ2) is 22.1. The fourth-order valence-electron chi connectivity index (χ4n) is 10.3. The Morgan fingerprint density at radius 1 is 0.671 bits per heavy atom. The van der Waals surface area contributed by atoms with Gasteiger partial charge in [-0.1, -0.05) is 133 Å². The minimum atomic E-state index is -0.889. The molecule has 14 heteroatoms. The molecule has 7 rings (SSSR count). The molecule has 6 atom stereocenters. The maximum atomic E-state index is 15.1. The Bertz CT molecular complexity index is 2520. The summed E-state index contributed by atoms with van der Waals surface area (Å²) >= 11 is 0. The van der Waals surface area contributed by atoms with Crippen molar-refractivity contribution in [2.75, 3.05) is 27.2 Å². The molecule has 0 aromatic heterocycles. The van der Waals surface area contributed by atoms with Gasteiger partial charge in [0.25, 0.3) is 5.91 Å². The summed E-state index contributed by atoms with van der Waals surface area (Å²) in [5.41, 5.74) is 5.26. The lowest BCUT2D eigenvalue weighted by molar-refractivity contribution is -0.151. The van der Waals surface area contributed by atoms with E-state index in [1.807, 2.05) is 120 Å². The number of nitrogens with one attached hydrogen (secondary N) is 5. The summed E-state index contributed by atoms with van der Waals surface area (Å²) in [5, 5.41) is 15.4. The van der Waals surface area contributed by atoms with Gasteiger partial charge in [0.15, 0.2) is 0 Å². The van der Waals surface area contributed by atoms with Gasteiger partial charge in [-0.05, 0) is 96.1 Å². The number of fused-ring (bicyclic) bond motifs is 2. The number of nitrogens with zero attached hydrogens (tertiary/aromatic N) is 3. The van der Waals surface area contributed by atoms with Crippen molar-refractivity contribution in [3.05, 3.63) is 142 Å². The molecule has 14 nitrogen and oxygen atoms in total. The maximum Gasteiger partial charge on any atom is 0.251 e. The molecule has 372 valence electrons. The van der Waals surface area contributed by atoms with E-state index in [1.165, 1.54) is 5.56 Å². The van der Waals surface area contributed by atoms with Crippen LogP contribution in [0, 0.1) is 10.8 Å². The van der Waals surface area contributed by atoms with Gasteiger partial charge in [0.2, 0.25) is 29.5 Å². The molecule has 0 bridgehead atoms. The largest absolute Gasteiger partial charge is 0.347 e. The number of benzene rings is 4. The van der Waals surface area contributed by atoms with Crippen molar-refractivity contribution in [1.82, 2.24) is 41.3 Å². The Kier molecular flexibility index (Phi) is 16.3. The molecule has 2 heterocycles. The normalized spacial score (nSPS) is 19.8. The van der Waals surface area contributed by atoms with E-state index in [0.29, 0.717) is 12.0 Å². The monoisotopic (exact) mass is 953 g/mol. The van der Waals surface area contributed by atoms with Crippen molar-refractivity contribution < 1.29 is 28.8 Å². The highest BCUT2D eigenvalue weighted by Gasteiger charge is 2.46. The molecule has 0 spiro atoms. The molecule has 6 unspecified atom stereocenters. The molecular formula is C56H72N8O6. The van der Waals surface area contributed by atoms with E-state index in [-0.39, 0.29) is 80.6 Å². The Labute approximate surface area is 413 Å². The van der Waals surface area contributed by atoms with Crippen LogP contribution in [0.4, 0.5) is 0 Å². The van der Waals surface area contributed by atoms with Crippen LogP contribution >= 0.6 is 0 Å². The van der Waals surface area contributed by atoms with Gasteiger partial charge in [0, 0.05) is 44.2 Å². The highest BCUT2D eigenvalue weighted by atomic mass is 16.2. The highest BCUT2D eigenvalue weighted by Crippen LogP contribution is 2.33. The number of hydrogen-bond donors (Lipinski definition) is 5. The Balaban J connectivity index is 1.10. The van der Waals surface area contributed by atoms with Crippen LogP contribution in [0.1, 0.15) is 111 Å². The Hall–Kier alpha value is -6.38. The van der Waals surface area contributed by atoms with E-state index in [0.717, 1.165) is 47.1 Å². The van der Waals surface area contributed by atoms with Crippen LogP contribution in [0.2, 0.25) is 0 Å². The topological polar surface area (TPSA) is 172 Å². The van der Waals surface area contributed by atoms with E-state index >= 15 is 4.79 Å². The number of likely N-dealkylation sites (N-methyl/N-ethyl adjacent to an activating group) is 2. The summed E-state index contributed by atoms with van der Waals surface area (Å²) in [6.07, 6.45) is 3.28. The summed E-state index contributed by atoms with van der Waals surface area (Å²) in [5.74, 6) is -1.63. The van der Waals surface area contributed by atoms with Gasteiger partial charge in [-0.3, -0.25) is 28.8 Å². The van der Waals surface area contributed by atoms with Crippen LogP contribution in [0.15, 0.2) is 103 Å². The van der Waals surface area contributed by atoms with Crippen LogP contribution in [0.5, 0.6) is 0 Å². The third kappa shape index (κ3) is 12.1. The van der Waals surface area contributed by atoms with Gasteiger partial charge in [-0.25, -0.2) is 0 Å². The molecule has 70 heavy (non-hydrogen) atoms. The van der Waals surface area contributed by atoms with E-state index in [2.05, 4.69) is 38.7 Å². The summed E-state index contributed by atoms with van der Waals surface area (Å²) in [6, 6.07) is 29.1. The summed E-state index contributed by atoms with van der Waals surface area (Å²) < 4.78 is 0. The van der Waals surface area contributed by atoms with Gasteiger partial charge in [-0.2, -0.15) is 0 Å². The first-order chi connectivity index (χ1) is 33.4. The third-order valence-corrected chi connectivity index (χ3v) is 14.0. The lowest BCUT2D eigenvalue weighted by atomic mass is 9.84. The molecule has 1 saturated heterocycles. The fraction of sp³-hybridized carbons (Fsp3) is 0.464. The average Bonchev–Trinajstić information content (AvgIpc) is 3.76. The second-order valence-electron chi connectivity index (χ2n) is 21.4. The van der Waals surface area contributed by atoms with Crippen LogP contribution in [0.3, 0.4) is 0 Å². The van der Waals surface area contributed by atoms with E-state index in [9.17, 15) is 24.0 Å². The van der Waals surface area contributed by atoms with Crippen molar-refractivity contribution in [1.29, 1.82) is 0 Å². The highest BCUT2D eigenvalue weighted by molar-refractivity contribution is 5.96. The van der Waals surface area contributed by atoms with Crippen molar-refractivity contribution in [3.8, 4) is 0 Å². The first kappa shape index (κ1) is 51.5. The SMILES string of the molecule is CNCC(=O)NC(C(=O)N1Cc2ccccc2CC1C(=O)N(Cc1ccccc1)Cc1ccc(C(=O)NC2CC(C(=O)NC3CCCc4ccccc43)N(C(=O)C(NC)C(C)(C)C)C2)cc1)C(C)(C)C. The fourth-order valence-corrected chi connectivity index (χ4v) is 10.3. The van der Waals surface area contributed by atoms with Crippen LogP contribution in [-0.4, -0.2) is 108 Å². The molecule has 0 saturated carbocycles. The van der Waals surface area contributed by atoms with Crippen molar-refractivity contribution in [3.63, 3.8) is 0 Å². The van der Waals surface area contributed by atoms with Crippen molar-refractivity contribution in [2.45, 2.75) is 130 Å². The first-order valence-electron chi connectivity index (χ1n) is 24.8. The zero-order valence-corrected chi connectivity index (χ0v) is 42.1. The number of aryl methyl sites for hydroxylation is 1. The number of carbonyl (C=O) groups excluding carboxylic acids is 6. The Morgan fingerprint density at radius 3 is 1.91 bits per heavy atom. The quantitative estimate of drug-likeness (QED) is 0.105. The summed E-state index contributed by atoms with van der Waals surface area (Å²) in [4.78, 5) is 90.3. The molecule has 1 fully saturated rings. The molecule has 0 radical (unpaired) electrons. The maximum absolute atomic E-state index is 15.1. The predicted octanol–water partition coefficient (Wildman–Crippen LogP) is 5.45. The van der Waals surface area contributed by atoms with Gasteiger partial charge >= 0.3 is 0 Å². The minimum absolute atomic E-state index is 0.0429. The number of hydrogen-bond acceptors (Lipinski definition) is 8. The van der Waals surface area contributed by atoms with Gasteiger partial charge in [0.05, 0.1) is 18.6 Å². The van der Waals surface area contributed by atoms with Crippen LogP contribution in [-0.2, 0) is 56.4 Å². The van der Waals surface area contributed by atoms with Gasteiger partial charge in [0.1, 0.15) is 18.1 Å². The smallest absolute Gasteiger partial charge is 0.251 e. The van der Waals surface area contributed by atoms with Crippen molar-refractivity contribution in [2.24, 2.45) is 10.8 Å². The predicted molar refractivity (Wildman–Crippen MR) is 271 cm³/mol. The lowest BCUT2D eigenvalue weighted by Crippen LogP contribution is -2.61. The standard InChI is InChI=1S/C56H72N8O6/c1-55(2,3)48(58-8)53(69)64-35-42(30-45(64)51(67)60-44-24-16-22-38-19-14-15-23-43(38)44)59-50(66)39-27-25-37(26-28-39)33-62(32-36-17-10-9-11-18-36)52(68)46-29-40-20-12-13-21-41(40)34-63(46)54(70)49(56(4,5)6)61-47(65)31-57-7/h9-15,17-21,23,25-28,42,44-46,48-49,57-58H,16,22,24,29-35H2,1-8H3,(H,59,66)(H,60,67)(H,61,65). The zero-order valence-electron chi connectivity index (χ0n) is 42.1. The molecule has 1 aliphatic carbocycles. The molecule has 6 amide bonds. The molecule has 5 N–H and O–H groups in total. The van der Waals surface area contributed by atoms with Crippen molar-refractivity contribution >= 4 is 35.4 Å². The van der Waals surface area contributed by atoms with Crippen LogP contribution < -0.4 is 26.6 Å². The summed E-state index contributed by atoms with van der Waals surface area (Å²) in [6.45, 7) is 12.6. The van der Waals surface area contributed by atoms with Gasteiger partial charge < -0.3 is 41.3 Å². The zero-order chi connectivity index (χ0) is 50.3. The Morgan fingerprint density at radius 2 is 1.27 bits per heavy atom. The summed E-state index contributed by atoms with van der Waals surface area (Å²) in [7, 11) is 3.42. The molecular weight excluding hydrogens is 881 g/mol. The third-order valence-electron chi connectivity index (χ3n) is 14.0. The molecule has 4 aromatic carbocycles. The minimum Gasteiger partial charge on any atom is -0.347 e. The van der Waals surface area contributed by atoms with E-state index < -0.39 is 41.0 Å². The first-order valence-corrected chi connectivity index (χ1v) is 24.8. The number of likely N-dealkylation sites (tertiary alicyclic amines) is 1. The average molecular weight is 953 g/mol. The van der Waals surface area contributed by atoms with E-state index in [1.54, 1.807) is 40.9 Å². The number of carbonyl (C=O) groups is 6. The second-order valence-corrected chi connectivity index (χ2v) is 21.4. The molecule has 3 aliphatic rings.